The highest BCUT2D eigenvalue weighted by Crippen LogP contribution is 2.34. The lowest BCUT2D eigenvalue weighted by Gasteiger charge is -2.18. The van der Waals surface area contributed by atoms with Crippen molar-refractivity contribution in [1.29, 1.82) is 0 Å². The van der Waals surface area contributed by atoms with Crippen LogP contribution in [0, 0.1) is 11.8 Å². The lowest BCUT2D eigenvalue weighted by molar-refractivity contribution is -0.137. The van der Waals surface area contributed by atoms with Crippen LogP contribution in [-0.2, 0) is 9.59 Å². The van der Waals surface area contributed by atoms with Crippen LogP contribution in [-0.4, -0.2) is 39.3 Å². The molecule has 1 aliphatic carbocycles. The Kier molecular flexibility index (Phi) is 12.3. The number of hydrogen-bond donors (Lipinski definition) is 3. The number of aliphatic hydroxyl groups is 2. The molecule has 5 nitrogen and oxygen atoms in total. The zero-order valence-corrected chi connectivity index (χ0v) is 16.8. The van der Waals surface area contributed by atoms with Crippen LogP contribution in [0.15, 0.2) is 12.2 Å². The van der Waals surface area contributed by atoms with Gasteiger partial charge in [-0.2, -0.15) is 0 Å². The Labute approximate surface area is 163 Å². The fraction of sp³-hybridized carbons (Fsp3) is 0.818. The van der Waals surface area contributed by atoms with Gasteiger partial charge in [0.05, 0.1) is 12.2 Å². The first kappa shape index (κ1) is 23.8. The molecule has 4 atom stereocenters. The van der Waals surface area contributed by atoms with Gasteiger partial charge < -0.3 is 15.3 Å². The summed E-state index contributed by atoms with van der Waals surface area (Å²) in [7, 11) is 0. The van der Waals surface area contributed by atoms with E-state index in [9.17, 15) is 19.8 Å². The van der Waals surface area contributed by atoms with Gasteiger partial charge in [-0.05, 0) is 19.3 Å². The molecule has 0 radical (unpaired) electrons. The molecule has 5 heteroatoms. The number of carbonyl (C=O) groups is 2. The van der Waals surface area contributed by atoms with Crippen LogP contribution in [0.1, 0.15) is 90.4 Å². The highest BCUT2D eigenvalue weighted by atomic mass is 16.4. The lowest BCUT2D eigenvalue weighted by Crippen LogP contribution is -2.19. The smallest absolute Gasteiger partial charge is 0.303 e. The minimum Gasteiger partial charge on any atom is -0.481 e. The molecule has 0 heterocycles. The quantitative estimate of drug-likeness (QED) is 0.291. The van der Waals surface area contributed by atoms with Gasteiger partial charge in [-0.1, -0.05) is 70.4 Å². The van der Waals surface area contributed by atoms with E-state index >= 15 is 0 Å². The fourth-order valence-electron chi connectivity index (χ4n) is 3.90. The average molecular weight is 383 g/mol. The molecule has 0 aromatic carbocycles. The predicted molar refractivity (Wildman–Crippen MR) is 106 cm³/mol. The van der Waals surface area contributed by atoms with Gasteiger partial charge in [0.1, 0.15) is 5.78 Å². The summed E-state index contributed by atoms with van der Waals surface area (Å²) in [5.74, 6) is -0.901. The summed E-state index contributed by atoms with van der Waals surface area (Å²) in [6, 6.07) is 0. The summed E-state index contributed by atoms with van der Waals surface area (Å²) in [4.78, 5) is 22.7. The number of rotatable bonds is 15. The molecule has 0 bridgehead atoms. The second-order valence-electron chi connectivity index (χ2n) is 7.92. The zero-order valence-electron chi connectivity index (χ0n) is 16.8. The Morgan fingerprint density at radius 1 is 1.11 bits per heavy atom. The highest BCUT2D eigenvalue weighted by molar-refractivity contribution is 5.84. The Balaban J connectivity index is 2.30. The van der Waals surface area contributed by atoms with E-state index in [4.69, 9.17) is 5.11 Å². The van der Waals surface area contributed by atoms with Crippen molar-refractivity contribution in [1.82, 2.24) is 0 Å². The van der Waals surface area contributed by atoms with Crippen LogP contribution in [0.3, 0.4) is 0 Å². The SMILES string of the molecule is CCCCCC(O)C=CC1C(O)CC(=O)C1CCCCCCCCC(=O)O. The number of aliphatic hydroxyl groups excluding tert-OH is 2. The van der Waals surface area contributed by atoms with E-state index in [1.165, 1.54) is 0 Å². The van der Waals surface area contributed by atoms with E-state index in [1.54, 1.807) is 6.08 Å². The fourth-order valence-corrected chi connectivity index (χ4v) is 3.90. The maximum Gasteiger partial charge on any atom is 0.303 e. The Morgan fingerprint density at radius 2 is 1.78 bits per heavy atom. The molecule has 0 saturated heterocycles. The normalized spacial score (nSPS) is 24.0. The molecule has 0 aliphatic heterocycles. The lowest BCUT2D eigenvalue weighted by atomic mass is 9.88. The van der Waals surface area contributed by atoms with Crippen LogP contribution in [0.25, 0.3) is 0 Å². The molecule has 156 valence electrons. The van der Waals surface area contributed by atoms with Crippen molar-refractivity contribution >= 4 is 11.8 Å². The van der Waals surface area contributed by atoms with Gasteiger partial charge in [0.2, 0.25) is 0 Å². The molecule has 0 aromatic heterocycles. The number of carbonyl (C=O) groups excluding carboxylic acids is 1. The molecular weight excluding hydrogens is 344 g/mol. The Hall–Kier alpha value is -1.20. The van der Waals surface area contributed by atoms with Gasteiger partial charge >= 0.3 is 5.97 Å². The standard InChI is InChI=1S/C22H38O5/c1-2-3-8-11-17(23)14-15-19-18(20(24)16-21(19)25)12-9-6-4-5-7-10-13-22(26)27/h14-15,17-19,21,23,25H,2-13,16H2,1H3,(H,26,27). The molecule has 1 saturated carbocycles. The van der Waals surface area contributed by atoms with Gasteiger partial charge in [0.25, 0.3) is 0 Å². The van der Waals surface area contributed by atoms with Crippen molar-refractivity contribution in [2.24, 2.45) is 11.8 Å². The molecule has 27 heavy (non-hydrogen) atoms. The second-order valence-corrected chi connectivity index (χ2v) is 7.92. The zero-order chi connectivity index (χ0) is 20.1. The minimum atomic E-state index is -0.733. The average Bonchev–Trinajstić information content (AvgIpc) is 2.88. The van der Waals surface area contributed by atoms with Crippen molar-refractivity contribution < 1.29 is 24.9 Å². The third kappa shape index (κ3) is 10.1. The van der Waals surface area contributed by atoms with Crippen molar-refractivity contribution in [2.75, 3.05) is 0 Å². The molecule has 1 rings (SSSR count). The molecular formula is C22H38O5. The van der Waals surface area contributed by atoms with Crippen LogP contribution < -0.4 is 0 Å². The Bertz CT molecular complexity index is 460. The number of unbranched alkanes of at least 4 members (excludes halogenated alkanes) is 7. The van der Waals surface area contributed by atoms with Crippen molar-refractivity contribution in [2.45, 2.75) is 103 Å². The largest absolute Gasteiger partial charge is 0.481 e. The van der Waals surface area contributed by atoms with Crippen molar-refractivity contribution in [3.8, 4) is 0 Å². The summed E-state index contributed by atoms with van der Waals surface area (Å²) in [6.45, 7) is 2.13. The van der Waals surface area contributed by atoms with E-state index < -0.39 is 18.2 Å². The van der Waals surface area contributed by atoms with Crippen LogP contribution in [0.5, 0.6) is 0 Å². The summed E-state index contributed by atoms with van der Waals surface area (Å²) in [6.07, 6.45) is 13.4. The second kappa shape index (κ2) is 13.9. The van der Waals surface area contributed by atoms with Crippen LogP contribution in [0.2, 0.25) is 0 Å². The van der Waals surface area contributed by atoms with Gasteiger partial charge in [-0.25, -0.2) is 0 Å². The van der Waals surface area contributed by atoms with E-state index in [1.807, 2.05) is 6.08 Å². The molecule has 1 aliphatic rings. The van der Waals surface area contributed by atoms with Crippen LogP contribution >= 0.6 is 0 Å². The molecule has 0 aromatic rings. The third-order valence-electron chi connectivity index (χ3n) is 5.55. The molecule has 4 unspecified atom stereocenters. The number of hydrogen-bond acceptors (Lipinski definition) is 4. The molecule has 0 amide bonds. The van der Waals surface area contributed by atoms with E-state index in [0.717, 1.165) is 70.6 Å². The van der Waals surface area contributed by atoms with E-state index in [0.29, 0.717) is 0 Å². The summed E-state index contributed by atoms with van der Waals surface area (Å²) < 4.78 is 0. The van der Waals surface area contributed by atoms with Gasteiger partial charge in [0, 0.05) is 24.7 Å². The Morgan fingerprint density at radius 3 is 2.44 bits per heavy atom. The molecule has 0 spiro atoms. The van der Waals surface area contributed by atoms with Gasteiger partial charge in [0.15, 0.2) is 0 Å². The monoisotopic (exact) mass is 382 g/mol. The topological polar surface area (TPSA) is 94.8 Å². The molecule has 3 N–H and O–H groups in total. The summed E-state index contributed by atoms with van der Waals surface area (Å²) in [5, 5.41) is 28.8. The third-order valence-corrected chi connectivity index (χ3v) is 5.55. The number of carboxylic acid groups (broad SMARTS) is 1. The van der Waals surface area contributed by atoms with Crippen molar-refractivity contribution in [3.05, 3.63) is 12.2 Å². The predicted octanol–water partition coefficient (Wildman–Crippen LogP) is 4.26. The number of ketones is 1. The van der Waals surface area contributed by atoms with Crippen molar-refractivity contribution in [3.63, 3.8) is 0 Å². The number of aliphatic carboxylic acids is 1. The number of Topliss-reactive ketones (excluding diaryl/α,β-unsaturated/α-hetero) is 1. The molecule has 1 fully saturated rings. The van der Waals surface area contributed by atoms with Crippen LogP contribution in [0.4, 0.5) is 0 Å². The first-order chi connectivity index (χ1) is 13.0. The summed E-state index contributed by atoms with van der Waals surface area (Å²) >= 11 is 0. The summed E-state index contributed by atoms with van der Waals surface area (Å²) in [5.41, 5.74) is 0. The van der Waals surface area contributed by atoms with Gasteiger partial charge in [-0.3, -0.25) is 9.59 Å². The highest BCUT2D eigenvalue weighted by Gasteiger charge is 2.39. The first-order valence-electron chi connectivity index (χ1n) is 10.7. The maximum atomic E-state index is 12.2. The minimum absolute atomic E-state index is 0.133. The van der Waals surface area contributed by atoms with E-state index in [2.05, 4.69) is 6.92 Å². The number of carboxylic acids is 1. The first-order valence-corrected chi connectivity index (χ1v) is 10.7. The van der Waals surface area contributed by atoms with E-state index in [-0.39, 0.29) is 30.5 Å². The maximum absolute atomic E-state index is 12.2. The van der Waals surface area contributed by atoms with Gasteiger partial charge in [-0.15, -0.1) is 0 Å².